The Morgan fingerprint density at radius 2 is 1.91 bits per heavy atom. The number of hydrogen-bond donors (Lipinski definition) is 2. The predicted molar refractivity (Wildman–Crippen MR) is 86.6 cm³/mol. The Morgan fingerprint density at radius 1 is 1.26 bits per heavy atom. The molecule has 1 saturated carbocycles. The van der Waals surface area contributed by atoms with Gasteiger partial charge in [-0.1, -0.05) is 12.8 Å². The maximum Gasteiger partial charge on any atom is 0.341 e. The zero-order valence-corrected chi connectivity index (χ0v) is 14.0. The fourth-order valence-electron chi connectivity index (χ4n) is 2.79. The number of rotatable bonds is 5. The molecule has 1 amide bonds. The third kappa shape index (κ3) is 4.31. The van der Waals surface area contributed by atoms with Crippen LogP contribution in [0.4, 0.5) is 5.00 Å². The third-order valence-corrected chi connectivity index (χ3v) is 4.71. The van der Waals surface area contributed by atoms with E-state index < -0.39 is 23.8 Å². The number of anilines is 1. The Balaban J connectivity index is 2.10. The minimum Gasteiger partial charge on any atom is -0.481 e. The third-order valence-electron chi connectivity index (χ3n) is 3.88. The second-order valence-electron chi connectivity index (χ2n) is 5.94. The quantitative estimate of drug-likeness (QED) is 0.804. The summed E-state index contributed by atoms with van der Waals surface area (Å²) in [5.41, 5.74) is 0.305. The summed E-state index contributed by atoms with van der Waals surface area (Å²) >= 11 is 1.23. The second-order valence-corrected chi connectivity index (χ2v) is 6.86. The first-order valence-electron chi connectivity index (χ1n) is 7.72. The molecule has 1 fully saturated rings. The molecular formula is C16H21NO5S. The van der Waals surface area contributed by atoms with Crippen LogP contribution in [0, 0.1) is 11.8 Å². The first-order valence-corrected chi connectivity index (χ1v) is 8.60. The molecule has 2 atom stereocenters. The molecule has 0 radical (unpaired) electrons. The highest BCUT2D eigenvalue weighted by molar-refractivity contribution is 7.14. The number of esters is 1. The molecule has 1 aromatic rings. The van der Waals surface area contributed by atoms with Gasteiger partial charge in [-0.15, -0.1) is 11.3 Å². The highest BCUT2D eigenvalue weighted by Gasteiger charge is 2.36. The van der Waals surface area contributed by atoms with Crippen molar-refractivity contribution in [2.24, 2.45) is 11.8 Å². The second kappa shape index (κ2) is 7.59. The van der Waals surface area contributed by atoms with Crippen LogP contribution < -0.4 is 5.32 Å². The van der Waals surface area contributed by atoms with E-state index in [2.05, 4.69) is 5.32 Å². The average molecular weight is 339 g/mol. The fourth-order valence-corrected chi connectivity index (χ4v) is 3.57. The number of amides is 1. The lowest BCUT2D eigenvalue weighted by atomic mass is 9.79. The molecule has 0 bridgehead atoms. The van der Waals surface area contributed by atoms with Gasteiger partial charge in [0, 0.05) is 0 Å². The van der Waals surface area contributed by atoms with E-state index in [1.807, 2.05) is 0 Å². The van der Waals surface area contributed by atoms with Crippen molar-refractivity contribution in [1.82, 2.24) is 0 Å². The van der Waals surface area contributed by atoms with Crippen LogP contribution in [0.15, 0.2) is 11.4 Å². The SMILES string of the molecule is CC(C)OC(=O)c1ccsc1NC(=O)[C@@H]1CCCC[C@H]1C(=O)O. The van der Waals surface area contributed by atoms with Gasteiger partial charge in [-0.3, -0.25) is 9.59 Å². The number of carboxylic acid groups (broad SMARTS) is 1. The minimum absolute atomic E-state index is 0.249. The number of nitrogens with one attached hydrogen (secondary N) is 1. The Morgan fingerprint density at radius 3 is 2.52 bits per heavy atom. The van der Waals surface area contributed by atoms with E-state index in [1.165, 1.54) is 11.3 Å². The van der Waals surface area contributed by atoms with Crippen LogP contribution in [0.3, 0.4) is 0 Å². The van der Waals surface area contributed by atoms with Gasteiger partial charge in [-0.2, -0.15) is 0 Å². The Labute approximate surface area is 138 Å². The molecule has 0 aromatic carbocycles. The van der Waals surface area contributed by atoms with Crippen molar-refractivity contribution in [2.45, 2.75) is 45.6 Å². The molecular weight excluding hydrogens is 318 g/mol. The average Bonchev–Trinajstić information content (AvgIpc) is 2.94. The first kappa shape index (κ1) is 17.5. The molecule has 2 N–H and O–H groups in total. The van der Waals surface area contributed by atoms with E-state index >= 15 is 0 Å². The maximum absolute atomic E-state index is 12.5. The monoisotopic (exact) mass is 339 g/mol. The van der Waals surface area contributed by atoms with E-state index in [0.29, 0.717) is 23.4 Å². The van der Waals surface area contributed by atoms with Gasteiger partial charge in [0.05, 0.1) is 23.5 Å². The molecule has 6 nitrogen and oxygen atoms in total. The Bertz CT molecular complexity index is 595. The van der Waals surface area contributed by atoms with Crippen LogP contribution in [0.2, 0.25) is 0 Å². The molecule has 1 aromatic heterocycles. The van der Waals surface area contributed by atoms with Gasteiger partial charge < -0.3 is 15.2 Å². The van der Waals surface area contributed by atoms with Crippen molar-refractivity contribution in [1.29, 1.82) is 0 Å². The smallest absolute Gasteiger partial charge is 0.341 e. The van der Waals surface area contributed by atoms with Gasteiger partial charge >= 0.3 is 11.9 Å². The fraction of sp³-hybridized carbons (Fsp3) is 0.562. The lowest BCUT2D eigenvalue weighted by Gasteiger charge is -2.27. The van der Waals surface area contributed by atoms with Gasteiger partial charge in [0.15, 0.2) is 0 Å². The standard InChI is InChI=1S/C16H21NO5S/c1-9(2)22-16(21)12-7-8-23-14(12)17-13(18)10-5-3-4-6-11(10)15(19)20/h7-11H,3-6H2,1-2H3,(H,17,18)(H,19,20)/t10-,11-/m1/s1. The molecule has 1 aliphatic rings. The van der Waals surface area contributed by atoms with E-state index in [1.54, 1.807) is 25.3 Å². The number of carboxylic acids is 1. The lowest BCUT2D eigenvalue weighted by Crippen LogP contribution is -2.36. The summed E-state index contributed by atoms with van der Waals surface area (Å²) < 4.78 is 5.14. The topological polar surface area (TPSA) is 92.7 Å². The Kier molecular flexibility index (Phi) is 5.76. The molecule has 0 spiro atoms. The summed E-state index contributed by atoms with van der Waals surface area (Å²) in [7, 11) is 0. The lowest BCUT2D eigenvalue weighted by molar-refractivity contribution is -0.147. The van der Waals surface area contributed by atoms with Crippen LogP contribution in [-0.2, 0) is 14.3 Å². The van der Waals surface area contributed by atoms with Gasteiger partial charge in [0.25, 0.3) is 0 Å². The van der Waals surface area contributed by atoms with Crippen molar-refractivity contribution >= 4 is 34.2 Å². The largest absolute Gasteiger partial charge is 0.481 e. The molecule has 1 aliphatic carbocycles. The first-order chi connectivity index (χ1) is 10.9. The Hall–Kier alpha value is -1.89. The number of aliphatic carboxylic acids is 1. The number of carbonyl (C=O) groups excluding carboxylic acids is 2. The van der Waals surface area contributed by atoms with Crippen LogP contribution >= 0.6 is 11.3 Å². The minimum atomic E-state index is -0.935. The molecule has 2 rings (SSSR count). The zero-order valence-electron chi connectivity index (χ0n) is 13.2. The van der Waals surface area contributed by atoms with E-state index in [9.17, 15) is 19.5 Å². The molecule has 0 saturated heterocycles. The van der Waals surface area contributed by atoms with Crippen molar-refractivity contribution < 1.29 is 24.2 Å². The van der Waals surface area contributed by atoms with E-state index in [-0.39, 0.29) is 12.0 Å². The van der Waals surface area contributed by atoms with Crippen molar-refractivity contribution in [3.8, 4) is 0 Å². The van der Waals surface area contributed by atoms with Crippen LogP contribution in [0.25, 0.3) is 0 Å². The highest BCUT2D eigenvalue weighted by atomic mass is 32.1. The van der Waals surface area contributed by atoms with Crippen LogP contribution in [0.5, 0.6) is 0 Å². The van der Waals surface area contributed by atoms with Gasteiger partial charge in [-0.25, -0.2) is 4.79 Å². The van der Waals surface area contributed by atoms with Crippen molar-refractivity contribution in [3.63, 3.8) is 0 Å². The summed E-state index contributed by atoms with van der Waals surface area (Å²) in [5, 5.41) is 14.1. The summed E-state index contributed by atoms with van der Waals surface area (Å²) in [6, 6.07) is 1.60. The summed E-state index contributed by atoms with van der Waals surface area (Å²) in [6.45, 7) is 3.50. The van der Waals surface area contributed by atoms with E-state index in [0.717, 1.165) is 12.8 Å². The van der Waals surface area contributed by atoms with Gasteiger partial charge in [0.1, 0.15) is 5.00 Å². The number of carbonyl (C=O) groups is 3. The van der Waals surface area contributed by atoms with Crippen molar-refractivity contribution in [2.75, 3.05) is 5.32 Å². The number of ether oxygens (including phenoxy) is 1. The molecule has 23 heavy (non-hydrogen) atoms. The number of thiophene rings is 1. The highest BCUT2D eigenvalue weighted by Crippen LogP contribution is 2.32. The predicted octanol–water partition coefficient (Wildman–Crippen LogP) is 3.14. The molecule has 7 heteroatoms. The normalized spacial score (nSPS) is 21.0. The molecule has 126 valence electrons. The molecule has 0 unspecified atom stereocenters. The summed E-state index contributed by atoms with van der Waals surface area (Å²) in [6.07, 6.45) is 2.49. The number of hydrogen-bond acceptors (Lipinski definition) is 5. The molecule has 0 aliphatic heterocycles. The van der Waals surface area contributed by atoms with E-state index in [4.69, 9.17) is 4.74 Å². The summed E-state index contributed by atoms with van der Waals surface area (Å²) in [5.74, 6) is -2.98. The van der Waals surface area contributed by atoms with Crippen LogP contribution in [-0.4, -0.2) is 29.1 Å². The van der Waals surface area contributed by atoms with Gasteiger partial charge in [-0.05, 0) is 38.1 Å². The maximum atomic E-state index is 12.5. The zero-order chi connectivity index (χ0) is 17.0. The summed E-state index contributed by atoms with van der Waals surface area (Å²) in [4.78, 5) is 35.8. The van der Waals surface area contributed by atoms with Crippen molar-refractivity contribution in [3.05, 3.63) is 17.0 Å². The van der Waals surface area contributed by atoms with Gasteiger partial charge in [0.2, 0.25) is 5.91 Å². The molecule has 1 heterocycles. The van der Waals surface area contributed by atoms with Crippen LogP contribution in [0.1, 0.15) is 49.9 Å².